The number of hydrogen-bond acceptors (Lipinski definition) is 6. The number of nitrogens with zero attached hydrogens (tertiary/aromatic N) is 4. The molecule has 1 aliphatic heterocycles. The summed E-state index contributed by atoms with van der Waals surface area (Å²) in [5.41, 5.74) is 1.03. The average Bonchev–Trinajstić information content (AvgIpc) is 2.87. The maximum absolute atomic E-state index is 6.23. The molecule has 0 bridgehead atoms. The van der Waals surface area contributed by atoms with Gasteiger partial charge >= 0.3 is 0 Å². The molecule has 1 N–H and O–H groups in total. The van der Waals surface area contributed by atoms with Gasteiger partial charge in [0.05, 0.1) is 13.2 Å². The molecule has 0 atom stereocenters. The van der Waals surface area contributed by atoms with Gasteiger partial charge in [0.25, 0.3) is 0 Å². The third-order valence-corrected chi connectivity index (χ3v) is 4.88. The van der Waals surface area contributed by atoms with Crippen molar-refractivity contribution < 1.29 is 4.74 Å². The molecule has 0 unspecified atom stereocenters. The second kappa shape index (κ2) is 7.07. The van der Waals surface area contributed by atoms with Gasteiger partial charge in [-0.3, -0.25) is 0 Å². The van der Waals surface area contributed by atoms with Crippen LogP contribution in [0.4, 0.5) is 5.82 Å². The zero-order valence-corrected chi connectivity index (χ0v) is 14.8. The molecule has 2 aromatic heterocycles. The number of rotatable bonds is 7. The van der Waals surface area contributed by atoms with E-state index in [0.717, 1.165) is 35.9 Å². The van der Waals surface area contributed by atoms with Crippen molar-refractivity contribution in [1.29, 1.82) is 0 Å². The minimum atomic E-state index is -0.108. The normalized spacial score (nSPS) is 16.1. The van der Waals surface area contributed by atoms with Gasteiger partial charge in [0.2, 0.25) is 0 Å². The molecular weight excluding hydrogens is 334 g/mol. The predicted molar refractivity (Wildman–Crippen MR) is 93.3 cm³/mol. The van der Waals surface area contributed by atoms with E-state index in [2.05, 4.69) is 32.8 Å². The zero-order chi connectivity index (χ0) is 16.3. The van der Waals surface area contributed by atoms with E-state index in [1.165, 1.54) is 0 Å². The SMILES string of the molecule is CSCCNc1cc(C2(Cc3nncn3C)COC2)cc(Cl)n1. The molecule has 1 aliphatic rings. The molecule has 0 saturated carbocycles. The molecule has 0 spiro atoms. The minimum absolute atomic E-state index is 0.108. The van der Waals surface area contributed by atoms with Crippen molar-refractivity contribution in [1.82, 2.24) is 19.7 Å². The summed E-state index contributed by atoms with van der Waals surface area (Å²) in [7, 11) is 1.96. The summed E-state index contributed by atoms with van der Waals surface area (Å²) in [5, 5.41) is 12.0. The standard InChI is InChI=1S/C15H20ClN5OS/c1-21-10-18-20-14(21)7-15(8-22-9-15)11-5-12(16)19-13(6-11)17-3-4-23-2/h5-6,10H,3-4,7-9H2,1-2H3,(H,17,19). The quantitative estimate of drug-likeness (QED) is 0.607. The summed E-state index contributed by atoms with van der Waals surface area (Å²) in [5.74, 6) is 2.78. The maximum Gasteiger partial charge on any atom is 0.133 e. The number of nitrogens with one attached hydrogen (secondary N) is 1. The largest absolute Gasteiger partial charge is 0.379 e. The molecule has 1 saturated heterocycles. The number of pyridine rings is 1. The van der Waals surface area contributed by atoms with Crippen molar-refractivity contribution >= 4 is 29.2 Å². The van der Waals surface area contributed by atoms with Gasteiger partial charge in [-0.05, 0) is 24.0 Å². The van der Waals surface area contributed by atoms with Crippen LogP contribution in [0.5, 0.6) is 0 Å². The number of anilines is 1. The Morgan fingerprint density at radius 1 is 1.43 bits per heavy atom. The molecule has 1 fully saturated rings. The van der Waals surface area contributed by atoms with Gasteiger partial charge in [0.1, 0.15) is 23.1 Å². The fourth-order valence-corrected chi connectivity index (χ4v) is 3.18. The van der Waals surface area contributed by atoms with Crippen LogP contribution in [0.2, 0.25) is 5.15 Å². The molecule has 2 aromatic rings. The van der Waals surface area contributed by atoms with Gasteiger partial charge in [0, 0.05) is 31.2 Å². The Kier molecular flexibility index (Phi) is 5.08. The second-order valence-corrected chi connectivity index (χ2v) is 7.16. The van der Waals surface area contributed by atoms with Gasteiger partial charge in [-0.2, -0.15) is 11.8 Å². The van der Waals surface area contributed by atoms with Crippen LogP contribution in [0.25, 0.3) is 0 Å². The number of ether oxygens (including phenoxy) is 1. The first-order valence-corrected chi connectivity index (χ1v) is 9.22. The molecule has 0 aliphatic carbocycles. The Hall–Kier alpha value is -1.31. The van der Waals surface area contributed by atoms with Crippen molar-refractivity contribution in [2.45, 2.75) is 11.8 Å². The highest BCUT2D eigenvalue weighted by Gasteiger charge is 2.42. The molecule has 6 nitrogen and oxygen atoms in total. The third kappa shape index (κ3) is 3.62. The van der Waals surface area contributed by atoms with Gasteiger partial charge in [-0.15, -0.1) is 10.2 Å². The second-order valence-electron chi connectivity index (χ2n) is 5.79. The predicted octanol–water partition coefficient (Wildman–Crippen LogP) is 2.15. The number of aromatic nitrogens is 4. The Morgan fingerprint density at radius 2 is 2.26 bits per heavy atom. The van der Waals surface area contributed by atoms with Crippen LogP contribution in [0.3, 0.4) is 0 Å². The molecule has 0 radical (unpaired) electrons. The molecule has 124 valence electrons. The van der Waals surface area contributed by atoms with Gasteiger partial charge < -0.3 is 14.6 Å². The highest BCUT2D eigenvalue weighted by Crippen LogP contribution is 2.37. The number of hydrogen-bond donors (Lipinski definition) is 1. The van der Waals surface area contributed by atoms with Crippen LogP contribution in [-0.2, 0) is 23.6 Å². The molecule has 0 amide bonds. The van der Waals surface area contributed by atoms with Crippen LogP contribution in [0.1, 0.15) is 11.4 Å². The van der Waals surface area contributed by atoms with E-state index in [4.69, 9.17) is 16.3 Å². The number of thioether (sulfide) groups is 1. The molecule has 8 heteroatoms. The van der Waals surface area contributed by atoms with E-state index < -0.39 is 0 Å². The Morgan fingerprint density at radius 3 is 2.87 bits per heavy atom. The molecule has 23 heavy (non-hydrogen) atoms. The van der Waals surface area contributed by atoms with Crippen molar-refractivity contribution in [3.8, 4) is 0 Å². The van der Waals surface area contributed by atoms with Gasteiger partial charge in [-0.25, -0.2) is 4.98 Å². The van der Waals surface area contributed by atoms with Crippen LogP contribution in [0, 0.1) is 0 Å². The van der Waals surface area contributed by atoms with Crippen molar-refractivity contribution in [3.63, 3.8) is 0 Å². The van der Waals surface area contributed by atoms with E-state index in [1.54, 1.807) is 18.1 Å². The van der Waals surface area contributed by atoms with Gasteiger partial charge in [0.15, 0.2) is 0 Å². The summed E-state index contributed by atoms with van der Waals surface area (Å²) in [6.45, 7) is 2.18. The number of aryl methyl sites for hydroxylation is 1. The van der Waals surface area contributed by atoms with Gasteiger partial charge in [-0.1, -0.05) is 11.6 Å². The lowest BCUT2D eigenvalue weighted by molar-refractivity contribution is -0.0611. The first-order valence-electron chi connectivity index (χ1n) is 7.44. The maximum atomic E-state index is 6.23. The van der Waals surface area contributed by atoms with Crippen LogP contribution in [-0.4, -0.2) is 51.5 Å². The van der Waals surface area contributed by atoms with Crippen LogP contribution in [0.15, 0.2) is 18.5 Å². The van der Waals surface area contributed by atoms with Crippen molar-refractivity contribution in [3.05, 3.63) is 35.0 Å². The smallest absolute Gasteiger partial charge is 0.133 e. The van der Waals surface area contributed by atoms with E-state index in [0.29, 0.717) is 18.4 Å². The zero-order valence-electron chi connectivity index (χ0n) is 13.3. The lowest BCUT2D eigenvalue weighted by Crippen LogP contribution is -2.49. The van der Waals surface area contributed by atoms with Crippen LogP contribution >= 0.6 is 23.4 Å². The topological polar surface area (TPSA) is 64.9 Å². The van der Waals surface area contributed by atoms with E-state index in [1.807, 2.05) is 17.7 Å². The molecule has 3 heterocycles. The highest BCUT2D eigenvalue weighted by molar-refractivity contribution is 7.98. The summed E-state index contributed by atoms with van der Waals surface area (Å²) in [6.07, 6.45) is 4.58. The molecular formula is C15H20ClN5OS. The lowest BCUT2D eigenvalue weighted by atomic mass is 9.76. The van der Waals surface area contributed by atoms with Crippen LogP contribution < -0.4 is 5.32 Å². The fourth-order valence-electron chi connectivity index (χ4n) is 2.66. The summed E-state index contributed by atoms with van der Waals surface area (Å²) >= 11 is 8.03. The lowest BCUT2D eigenvalue weighted by Gasteiger charge is -2.41. The summed E-state index contributed by atoms with van der Waals surface area (Å²) in [6, 6.07) is 4.01. The van der Waals surface area contributed by atoms with E-state index in [9.17, 15) is 0 Å². The monoisotopic (exact) mass is 353 g/mol. The third-order valence-electron chi connectivity index (χ3n) is 4.08. The Bertz CT molecular complexity index is 674. The Balaban J connectivity index is 1.84. The Labute approximate surface area is 145 Å². The highest BCUT2D eigenvalue weighted by atomic mass is 35.5. The average molecular weight is 354 g/mol. The minimum Gasteiger partial charge on any atom is -0.379 e. The molecule has 0 aromatic carbocycles. The summed E-state index contributed by atoms with van der Waals surface area (Å²) < 4.78 is 7.46. The fraction of sp³-hybridized carbons (Fsp3) is 0.533. The summed E-state index contributed by atoms with van der Waals surface area (Å²) in [4.78, 5) is 4.36. The number of halogens is 1. The van der Waals surface area contributed by atoms with Crippen molar-refractivity contribution in [2.24, 2.45) is 7.05 Å². The van der Waals surface area contributed by atoms with E-state index in [-0.39, 0.29) is 5.41 Å². The first kappa shape index (κ1) is 16.5. The molecule has 3 rings (SSSR count). The van der Waals surface area contributed by atoms with Crippen molar-refractivity contribution in [2.75, 3.05) is 37.1 Å². The first-order chi connectivity index (χ1) is 11.1. The van der Waals surface area contributed by atoms with E-state index >= 15 is 0 Å².